The van der Waals surface area contributed by atoms with Crippen molar-refractivity contribution in [3.63, 3.8) is 0 Å². The van der Waals surface area contributed by atoms with E-state index in [0.29, 0.717) is 23.2 Å². The van der Waals surface area contributed by atoms with Crippen LogP contribution in [0.1, 0.15) is 37.3 Å². The molecule has 0 bridgehead atoms. The number of sulfonamides is 1. The highest BCUT2D eigenvalue weighted by Crippen LogP contribution is 2.17. The number of alkyl halides is 1. The van der Waals surface area contributed by atoms with Crippen LogP contribution >= 0.6 is 11.6 Å². The Morgan fingerprint density at radius 2 is 1.95 bits per heavy atom. The van der Waals surface area contributed by atoms with E-state index < -0.39 is 10.0 Å². The monoisotopic (exact) mass is 317 g/mol. The summed E-state index contributed by atoms with van der Waals surface area (Å²) in [5.74, 6) is 0.869. The van der Waals surface area contributed by atoms with E-state index in [1.54, 1.807) is 6.07 Å². The molecule has 1 unspecified atom stereocenters. The lowest BCUT2D eigenvalue weighted by atomic mass is 10.0. The van der Waals surface area contributed by atoms with E-state index in [-0.39, 0.29) is 0 Å². The fourth-order valence-electron chi connectivity index (χ4n) is 2.32. The predicted octanol–water partition coefficient (Wildman–Crippen LogP) is 3.63. The number of rotatable bonds is 8. The Hall–Kier alpha value is -0.580. The Kier molecular flexibility index (Phi) is 7.00. The molecule has 1 N–H and O–H groups in total. The van der Waals surface area contributed by atoms with Crippen LogP contribution in [-0.2, 0) is 10.0 Å². The van der Waals surface area contributed by atoms with Gasteiger partial charge in [-0.05, 0) is 44.2 Å². The molecule has 0 radical (unpaired) electrons. The number of nitrogens with one attached hydrogen (secondary N) is 1. The van der Waals surface area contributed by atoms with Crippen molar-refractivity contribution in [1.82, 2.24) is 4.72 Å². The summed E-state index contributed by atoms with van der Waals surface area (Å²) >= 11 is 5.76. The van der Waals surface area contributed by atoms with Crippen molar-refractivity contribution in [3.8, 4) is 0 Å². The average molecular weight is 318 g/mol. The van der Waals surface area contributed by atoms with E-state index in [1.807, 2.05) is 26.0 Å². The molecule has 3 nitrogen and oxygen atoms in total. The highest BCUT2D eigenvalue weighted by molar-refractivity contribution is 7.89. The van der Waals surface area contributed by atoms with Crippen LogP contribution in [0.2, 0.25) is 0 Å². The van der Waals surface area contributed by atoms with Crippen LogP contribution in [0, 0.1) is 19.8 Å². The van der Waals surface area contributed by atoms with Gasteiger partial charge < -0.3 is 0 Å². The average Bonchev–Trinajstić information content (AvgIpc) is 2.36. The summed E-state index contributed by atoms with van der Waals surface area (Å²) in [6.07, 6.45) is 2.86. The van der Waals surface area contributed by atoms with Crippen LogP contribution in [0.15, 0.2) is 23.1 Å². The van der Waals surface area contributed by atoms with Gasteiger partial charge in [-0.2, -0.15) is 0 Å². The van der Waals surface area contributed by atoms with Crippen molar-refractivity contribution < 1.29 is 8.42 Å². The Morgan fingerprint density at radius 3 is 2.50 bits per heavy atom. The van der Waals surface area contributed by atoms with Gasteiger partial charge in [-0.3, -0.25) is 0 Å². The summed E-state index contributed by atoms with van der Waals surface area (Å²) in [7, 11) is -3.43. The Morgan fingerprint density at radius 1 is 1.25 bits per heavy atom. The van der Waals surface area contributed by atoms with Gasteiger partial charge in [0.25, 0.3) is 0 Å². The van der Waals surface area contributed by atoms with Gasteiger partial charge in [0.1, 0.15) is 0 Å². The minimum Gasteiger partial charge on any atom is -0.211 e. The molecule has 0 fully saturated rings. The minimum atomic E-state index is -3.43. The van der Waals surface area contributed by atoms with Crippen molar-refractivity contribution >= 4 is 21.6 Å². The molecule has 114 valence electrons. The first-order chi connectivity index (χ1) is 9.40. The molecule has 0 saturated carbocycles. The second-order valence-electron chi connectivity index (χ2n) is 5.25. The lowest BCUT2D eigenvalue weighted by molar-refractivity contribution is 0.457. The fourth-order valence-corrected chi connectivity index (χ4v) is 3.97. The number of hydrogen-bond acceptors (Lipinski definition) is 2. The van der Waals surface area contributed by atoms with Crippen molar-refractivity contribution in [1.29, 1.82) is 0 Å². The molecule has 0 heterocycles. The van der Waals surface area contributed by atoms with E-state index in [0.717, 1.165) is 30.4 Å². The summed E-state index contributed by atoms with van der Waals surface area (Å²) < 4.78 is 27.4. The Bertz CT molecular complexity index is 523. The van der Waals surface area contributed by atoms with E-state index in [2.05, 4.69) is 11.6 Å². The molecule has 1 aromatic carbocycles. The van der Waals surface area contributed by atoms with Crippen LogP contribution < -0.4 is 4.72 Å². The molecule has 0 aliphatic heterocycles. The molecule has 0 spiro atoms. The maximum atomic E-state index is 12.3. The molecule has 1 atom stereocenters. The van der Waals surface area contributed by atoms with Crippen LogP contribution in [0.25, 0.3) is 0 Å². The second-order valence-corrected chi connectivity index (χ2v) is 7.37. The van der Waals surface area contributed by atoms with Crippen molar-refractivity contribution in [2.45, 2.75) is 44.9 Å². The zero-order chi connectivity index (χ0) is 15.2. The van der Waals surface area contributed by atoms with Gasteiger partial charge in [-0.1, -0.05) is 31.0 Å². The highest BCUT2D eigenvalue weighted by atomic mass is 35.5. The summed E-state index contributed by atoms with van der Waals surface area (Å²) in [5, 5.41) is 0. The third-order valence-electron chi connectivity index (χ3n) is 3.40. The topological polar surface area (TPSA) is 46.2 Å². The number of benzene rings is 1. The molecule has 5 heteroatoms. The molecular weight excluding hydrogens is 294 g/mol. The Balaban J connectivity index is 2.78. The van der Waals surface area contributed by atoms with Gasteiger partial charge in [0.15, 0.2) is 0 Å². The summed E-state index contributed by atoms with van der Waals surface area (Å²) in [6.45, 7) is 6.33. The first kappa shape index (κ1) is 17.5. The second kappa shape index (κ2) is 8.01. The SMILES string of the molecule is CCCC(CCCl)CNS(=O)(=O)c1ccc(C)cc1C. The molecule has 1 aromatic rings. The fraction of sp³-hybridized carbons (Fsp3) is 0.600. The third kappa shape index (κ3) is 5.08. The molecule has 0 saturated heterocycles. The van der Waals surface area contributed by atoms with Crippen LogP contribution in [0.4, 0.5) is 0 Å². The van der Waals surface area contributed by atoms with Gasteiger partial charge >= 0.3 is 0 Å². The Labute approximate surface area is 127 Å². The molecule has 0 aromatic heterocycles. The van der Waals surface area contributed by atoms with Crippen molar-refractivity contribution in [2.24, 2.45) is 5.92 Å². The molecule has 0 amide bonds. The van der Waals surface area contributed by atoms with Gasteiger partial charge in [-0.25, -0.2) is 13.1 Å². The molecule has 1 rings (SSSR count). The maximum absolute atomic E-state index is 12.3. The van der Waals surface area contributed by atoms with Gasteiger partial charge in [0.2, 0.25) is 10.0 Å². The standard InChI is InChI=1S/C15H24ClNO2S/c1-4-5-14(8-9-16)11-17-20(18,19)15-7-6-12(2)10-13(15)3/h6-7,10,14,17H,4-5,8-9,11H2,1-3H3. The van der Waals surface area contributed by atoms with Gasteiger partial charge in [-0.15, -0.1) is 11.6 Å². The van der Waals surface area contributed by atoms with E-state index in [1.165, 1.54) is 0 Å². The van der Waals surface area contributed by atoms with Crippen LogP contribution in [0.3, 0.4) is 0 Å². The summed E-state index contributed by atoms with van der Waals surface area (Å²) in [5.41, 5.74) is 1.84. The largest absolute Gasteiger partial charge is 0.240 e. The third-order valence-corrected chi connectivity index (χ3v) is 5.20. The zero-order valence-electron chi connectivity index (χ0n) is 12.4. The lowest BCUT2D eigenvalue weighted by Crippen LogP contribution is -2.30. The number of hydrogen-bond donors (Lipinski definition) is 1. The van der Waals surface area contributed by atoms with Gasteiger partial charge in [0.05, 0.1) is 4.90 Å². The maximum Gasteiger partial charge on any atom is 0.240 e. The molecular formula is C15H24ClNO2S. The minimum absolute atomic E-state index is 0.304. The zero-order valence-corrected chi connectivity index (χ0v) is 14.0. The first-order valence-electron chi connectivity index (χ1n) is 7.03. The molecule has 0 aliphatic rings. The molecule has 20 heavy (non-hydrogen) atoms. The van der Waals surface area contributed by atoms with Crippen LogP contribution in [0.5, 0.6) is 0 Å². The van der Waals surface area contributed by atoms with E-state index in [9.17, 15) is 8.42 Å². The smallest absolute Gasteiger partial charge is 0.211 e. The highest BCUT2D eigenvalue weighted by Gasteiger charge is 2.18. The van der Waals surface area contributed by atoms with E-state index >= 15 is 0 Å². The summed E-state index contributed by atoms with van der Waals surface area (Å²) in [6, 6.07) is 5.38. The van der Waals surface area contributed by atoms with Crippen LogP contribution in [-0.4, -0.2) is 20.8 Å². The van der Waals surface area contributed by atoms with Crippen molar-refractivity contribution in [2.75, 3.05) is 12.4 Å². The lowest BCUT2D eigenvalue weighted by Gasteiger charge is -2.16. The van der Waals surface area contributed by atoms with E-state index in [4.69, 9.17) is 11.6 Å². The number of aryl methyl sites for hydroxylation is 2. The predicted molar refractivity (Wildman–Crippen MR) is 84.8 cm³/mol. The van der Waals surface area contributed by atoms with Gasteiger partial charge in [0, 0.05) is 12.4 Å². The normalized spacial score (nSPS) is 13.4. The quantitative estimate of drug-likeness (QED) is 0.744. The van der Waals surface area contributed by atoms with Crippen molar-refractivity contribution in [3.05, 3.63) is 29.3 Å². The number of halogens is 1. The molecule has 0 aliphatic carbocycles. The first-order valence-corrected chi connectivity index (χ1v) is 9.05. The summed E-state index contributed by atoms with van der Waals surface area (Å²) in [4.78, 5) is 0.365.